The Morgan fingerprint density at radius 1 is 1.56 bits per heavy atom. The van der Waals surface area contributed by atoms with Gasteiger partial charge in [0.05, 0.1) is 0 Å². The molecular formula is C14H19NO. The standard InChI is InChI=1S/C14H19NO/c1-4-7-13(5-2)15-14-9-6-8-12(10-14)11(3)16/h5-6,8-10,13,15H,2,4,7H2,1,3H3/t13-/m0/s1. The van der Waals surface area contributed by atoms with Gasteiger partial charge in [-0.1, -0.05) is 31.6 Å². The first-order valence-electron chi connectivity index (χ1n) is 5.67. The lowest BCUT2D eigenvalue weighted by molar-refractivity contribution is 0.101. The molecule has 0 saturated heterocycles. The van der Waals surface area contributed by atoms with E-state index in [0.29, 0.717) is 0 Å². The van der Waals surface area contributed by atoms with Crippen molar-refractivity contribution in [2.75, 3.05) is 5.32 Å². The molecule has 0 heterocycles. The molecular weight excluding hydrogens is 198 g/mol. The van der Waals surface area contributed by atoms with Crippen LogP contribution in [0.1, 0.15) is 37.0 Å². The molecule has 1 N–H and O–H groups in total. The summed E-state index contributed by atoms with van der Waals surface area (Å²) in [5.74, 6) is 0.0919. The summed E-state index contributed by atoms with van der Waals surface area (Å²) < 4.78 is 0. The number of hydrogen-bond acceptors (Lipinski definition) is 2. The first-order valence-corrected chi connectivity index (χ1v) is 5.67. The first kappa shape index (κ1) is 12.5. The third-order valence-electron chi connectivity index (χ3n) is 2.51. The van der Waals surface area contributed by atoms with Crippen molar-refractivity contribution in [2.24, 2.45) is 0 Å². The fourth-order valence-corrected chi connectivity index (χ4v) is 1.60. The van der Waals surface area contributed by atoms with Crippen LogP contribution in [0.3, 0.4) is 0 Å². The lowest BCUT2D eigenvalue weighted by Crippen LogP contribution is -2.16. The van der Waals surface area contributed by atoms with Crippen LogP contribution in [0.2, 0.25) is 0 Å². The average molecular weight is 217 g/mol. The summed E-state index contributed by atoms with van der Waals surface area (Å²) in [5.41, 5.74) is 1.72. The van der Waals surface area contributed by atoms with Gasteiger partial charge >= 0.3 is 0 Å². The average Bonchev–Trinajstić information content (AvgIpc) is 2.29. The van der Waals surface area contributed by atoms with E-state index in [9.17, 15) is 4.79 Å². The van der Waals surface area contributed by atoms with Gasteiger partial charge in [0.1, 0.15) is 0 Å². The number of carbonyl (C=O) groups excluding carboxylic acids is 1. The third kappa shape index (κ3) is 3.54. The molecule has 0 aromatic heterocycles. The molecule has 2 nitrogen and oxygen atoms in total. The fraction of sp³-hybridized carbons (Fsp3) is 0.357. The number of Topliss-reactive ketones (excluding diaryl/α,β-unsaturated/α-hetero) is 1. The number of anilines is 1. The molecule has 0 spiro atoms. The largest absolute Gasteiger partial charge is 0.379 e. The summed E-state index contributed by atoms with van der Waals surface area (Å²) in [6.07, 6.45) is 4.06. The Morgan fingerprint density at radius 3 is 2.88 bits per heavy atom. The van der Waals surface area contributed by atoms with E-state index in [-0.39, 0.29) is 11.8 Å². The van der Waals surface area contributed by atoms with E-state index in [4.69, 9.17) is 0 Å². The molecule has 0 bridgehead atoms. The van der Waals surface area contributed by atoms with Crippen molar-refractivity contribution in [3.8, 4) is 0 Å². The minimum atomic E-state index is 0.0919. The Labute approximate surface area is 97.4 Å². The van der Waals surface area contributed by atoms with Gasteiger partial charge in [0.2, 0.25) is 0 Å². The molecule has 0 unspecified atom stereocenters. The van der Waals surface area contributed by atoms with Crippen LogP contribution < -0.4 is 5.32 Å². The second-order valence-corrected chi connectivity index (χ2v) is 3.91. The van der Waals surface area contributed by atoms with Crippen LogP contribution in [0.15, 0.2) is 36.9 Å². The number of benzene rings is 1. The molecule has 0 radical (unpaired) electrons. The summed E-state index contributed by atoms with van der Waals surface area (Å²) in [7, 11) is 0. The smallest absolute Gasteiger partial charge is 0.159 e. The Balaban J connectivity index is 2.76. The number of nitrogens with one attached hydrogen (secondary N) is 1. The van der Waals surface area contributed by atoms with Crippen LogP contribution >= 0.6 is 0 Å². The molecule has 0 saturated carbocycles. The zero-order valence-corrected chi connectivity index (χ0v) is 9.99. The molecule has 16 heavy (non-hydrogen) atoms. The second kappa shape index (κ2) is 6.11. The van der Waals surface area contributed by atoms with Gasteiger partial charge < -0.3 is 5.32 Å². The SMILES string of the molecule is C=C[C@@H](CCC)Nc1cccc(C(C)=O)c1. The van der Waals surface area contributed by atoms with Gasteiger partial charge in [-0.15, -0.1) is 6.58 Å². The van der Waals surface area contributed by atoms with Crippen LogP contribution in [-0.4, -0.2) is 11.8 Å². The summed E-state index contributed by atoms with van der Waals surface area (Å²) in [4.78, 5) is 11.2. The van der Waals surface area contributed by atoms with E-state index in [1.807, 2.05) is 30.3 Å². The zero-order valence-electron chi connectivity index (χ0n) is 9.99. The number of carbonyl (C=O) groups is 1. The molecule has 86 valence electrons. The van der Waals surface area contributed by atoms with Crippen LogP contribution in [0, 0.1) is 0 Å². The monoisotopic (exact) mass is 217 g/mol. The summed E-state index contributed by atoms with van der Waals surface area (Å²) >= 11 is 0. The van der Waals surface area contributed by atoms with Crippen LogP contribution in [-0.2, 0) is 0 Å². The molecule has 0 aliphatic heterocycles. The molecule has 0 aliphatic carbocycles. The molecule has 0 amide bonds. The molecule has 1 atom stereocenters. The third-order valence-corrected chi connectivity index (χ3v) is 2.51. The molecule has 1 aromatic rings. The number of rotatable bonds is 6. The molecule has 0 fully saturated rings. The minimum Gasteiger partial charge on any atom is -0.379 e. The first-order chi connectivity index (χ1) is 7.67. The van der Waals surface area contributed by atoms with Crippen molar-refractivity contribution >= 4 is 11.5 Å². The van der Waals surface area contributed by atoms with Gasteiger partial charge in [-0.05, 0) is 25.5 Å². The summed E-state index contributed by atoms with van der Waals surface area (Å²) in [5, 5.41) is 3.35. The quantitative estimate of drug-likeness (QED) is 0.582. The zero-order chi connectivity index (χ0) is 12.0. The van der Waals surface area contributed by atoms with E-state index in [0.717, 1.165) is 24.1 Å². The Morgan fingerprint density at radius 2 is 2.31 bits per heavy atom. The predicted octanol–water partition coefficient (Wildman–Crippen LogP) is 3.66. The predicted molar refractivity (Wildman–Crippen MR) is 69.0 cm³/mol. The second-order valence-electron chi connectivity index (χ2n) is 3.91. The molecule has 2 heteroatoms. The maximum Gasteiger partial charge on any atom is 0.159 e. The van der Waals surface area contributed by atoms with Crippen molar-refractivity contribution in [2.45, 2.75) is 32.7 Å². The van der Waals surface area contributed by atoms with Gasteiger partial charge in [0, 0.05) is 17.3 Å². The van der Waals surface area contributed by atoms with Gasteiger partial charge in [0.15, 0.2) is 5.78 Å². The lowest BCUT2D eigenvalue weighted by Gasteiger charge is -2.15. The fourth-order valence-electron chi connectivity index (χ4n) is 1.60. The molecule has 0 aliphatic rings. The van der Waals surface area contributed by atoms with E-state index < -0.39 is 0 Å². The number of ketones is 1. The highest BCUT2D eigenvalue weighted by Gasteiger charge is 2.04. The minimum absolute atomic E-state index is 0.0919. The van der Waals surface area contributed by atoms with Crippen molar-refractivity contribution in [3.05, 3.63) is 42.5 Å². The van der Waals surface area contributed by atoms with E-state index in [1.54, 1.807) is 6.92 Å². The highest BCUT2D eigenvalue weighted by atomic mass is 16.1. The molecule has 1 aromatic carbocycles. The van der Waals surface area contributed by atoms with Crippen LogP contribution in [0.25, 0.3) is 0 Å². The molecule has 1 rings (SSSR count). The maximum absolute atomic E-state index is 11.2. The van der Waals surface area contributed by atoms with Crippen molar-refractivity contribution in [1.29, 1.82) is 0 Å². The maximum atomic E-state index is 11.2. The summed E-state index contributed by atoms with van der Waals surface area (Å²) in [6, 6.07) is 7.85. The van der Waals surface area contributed by atoms with Crippen molar-refractivity contribution in [1.82, 2.24) is 0 Å². The highest BCUT2D eigenvalue weighted by Crippen LogP contribution is 2.14. The van der Waals surface area contributed by atoms with E-state index in [2.05, 4.69) is 18.8 Å². The number of hydrogen-bond donors (Lipinski definition) is 1. The summed E-state index contributed by atoms with van der Waals surface area (Å²) in [6.45, 7) is 7.53. The normalized spacial score (nSPS) is 11.9. The Bertz CT molecular complexity index is 371. The van der Waals surface area contributed by atoms with Gasteiger partial charge in [-0.2, -0.15) is 0 Å². The van der Waals surface area contributed by atoms with Gasteiger partial charge in [0.25, 0.3) is 0 Å². The lowest BCUT2D eigenvalue weighted by atomic mass is 10.1. The highest BCUT2D eigenvalue weighted by molar-refractivity contribution is 5.94. The van der Waals surface area contributed by atoms with E-state index >= 15 is 0 Å². The van der Waals surface area contributed by atoms with Gasteiger partial charge in [-0.25, -0.2) is 0 Å². The van der Waals surface area contributed by atoms with Crippen LogP contribution in [0.4, 0.5) is 5.69 Å². The van der Waals surface area contributed by atoms with Crippen molar-refractivity contribution < 1.29 is 4.79 Å². The van der Waals surface area contributed by atoms with Gasteiger partial charge in [-0.3, -0.25) is 4.79 Å². The van der Waals surface area contributed by atoms with Crippen molar-refractivity contribution in [3.63, 3.8) is 0 Å². The Kier molecular flexibility index (Phi) is 4.77. The van der Waals surface area contributed by atoms with E-state index in [1.165, 1.54) is 0 Å². The topological polar surface area (TPSA) is 29.1 Å². The Hall–Kier alpha value is -1.57. The van der Waals surface area contributed by atoms with Crippen LogP contribution in [0.5, 0.6) is 0 Å².